The summed E-state index contributed by atoms with van der Waals surface area (Å²) >= 11 is 0. The van der Waals surface area contributed by atoms with Gasteiger partial charge in [-0.3, -0.25) is 0 Å². The first-order valence-corrected chi connectivity index (χ1v) is 11.7. The summed E-state index contributed by atoms with van der Waals surface area (Å²) in [4.78, 5) is 11.3. The van der Waals surface area contributed by atoms with Crippen LogP contribution in [0.4, 0.5) is 18.0 Å². The van der Waals surface area contributed by atoms with E-state index >= 15 is 0 Å². The third kappa shape index (κ3) is 5.76. The minimum absolute atomic E-state index is 0.0998. The number of hydrogen-bond donors (Lipinski definition) is 2. The number of nitrogens with two attached hydrogens (primary N) is 1. The molecule has 8 heteroatoms. The van der Waals surface area contributed by atoms with E-state index in [1.165, 1.54) is 6.07 Å². The molecule has 3 N–H and O–H groups in total. The van der Waals surface area contributed by atoms with Crippen LogP contribution in [0.15, 0.2) is 12.1 Å². The van der Waals surface area contributed by atoms with E-state index in [0.29, 0.717) is 17.9 Å². The molecule has 1 aromatic rings. The zero-order chi connectivity index (χ0) is 24.6. The lowest BCUT2D eigenvalue weighted by Crippen LogP contribution is -2.46. The van der Waals surface area contributed by atoms with Crippen molar-refractivity contribution in [2.75, 3.05) is 6.61 Å². The van der Waals surface area contributed by atoms with Crippen LogP contribution in [0.25, 0.3) is 0 Å². The largest absolute Gasteiger partial charge is 0.490 e. The van der Waals surface area contributed by atoms with Crippen LogP contribution in [0.1, 0.15) is 76.5 Å². The van der Waals surface area contributed by atoms with Gasteiger partial charge in [0.05, 0.1) is 12.7 Å². The summed E-state index contributed by atoms with van der Waals surface area (Å²) in [5.74, 6) is 0.101. The first-order chi connectivity index (χ1) is 15.2. The van der Waals surface area contributed by atoms with Gasteiger partial charge in [-0.25, -0.2) is 4.79 Å². The molecule has 0 spiro atoms. The van der Waals surface area contributed by atoms with Crippen molar-refractivity contribution in [2.45, 2.75) is 90.5 Å². The molecule has 0 unspecified atom stereocenters. The smallest absolute Gasteiger partial charge is 0.420 e. The normalized spacial score (nSPS) is 25.6. The zero-order valence-corrected chi connectivity index (χ0v) is 19.9. The number of carbonyl (C=O) groups excluding carboxylic acids is 1. The molecule has 3 rings (SSSR count). The van der Waals surface area contributed by atoms with E-state index in [4.69, 9.17) is 15.2 Å². The highest BCUT2D eigenvalue weighted by molar-refractivity contribution is 5.65. The highest BCUT2D eigenvalue weighted by atomic mass is 19.4. The molecule has 0 heterocycles. The van der Waals surface area contributed by atoms with Crippen molar-refractivity contribution in [3.05, 3.63) is 28.8 Å². The molecule has 2 aliphatic rings. The Morgan fingerprint density at radius 3 is 2.21 bits per heavy atom. The van der Waals surface area contributed by atoms with Crippen LogP contribution in [0.3, 0.4) is 0 Å². The third-order valence-corrected chi connectivity index (χ3v) is 7.57. The molecule has 0 bridgehead atoms. The maximum atomic E-state index is 14.2. The van der Waals surface area contributed by atoms with Crippen LogP contribution in [0, 0.1) is 17.3 Å². The summed E-state index contributed by atoms with van der Waals surface area (Å²) in [5, 5.41) is 9.78. The maximum Gasteiger partial charge on any atom is 0.420 e. The quantitative estimate of drug-likeness (QED) is 0.582. The summed E-state index contributed by atoms with van der Waals surface area (Å²) < 4.78 is 53.6. The molecular formula is C25H36F3NO4. The van der Waals surface area contributed by atoms with Gasteiger partial charge in [-0.15, -0.1) is 0 Å². The number of benzene rings is 1. The van der Waals surface area contributed by atoms with Crippen LogP contribution in [-0.2, 0) is 23.8 Å². The van der Waals surface area contributed by atoms with Crippen LogP contribution in [0.2, 0.25) is 0 Å². The summed E-state index contributed by atoms with van der Waals surface area (Å²) in [6, 6.07) is 3.10. The summed E-state index contributed by atoms with van der Waals surface area (Å²) in [7, 11) is 0. The van der Waals surface area contributed by atoms with E-state index in [9.17, 15) is 23.1 Å². The number of rotatable bonds is 5. The number of hydrogen-bond acceptors (Lipinski definition) is 4. The minimum Gasteiger partial charge on any atom is -0.490 e. The summed E-state index contributed by atoms with van der Waals surface area (Å²) in [6.07, 6.45) is -1.65. The minimum atomic E-state index is -4.54. The SMILES string of the molecule is CC(C)(C)C1CCC(Oc2ccc3c(c2C(F)(F)F)CC[C@H]([C@](C)(CO)OC(N)=O)C3)CC1. The Morgan fingerprint density at radius 2 is 1.70 bits per heavy atom. The number of carbonyl (C=O) groups is 1. The molecule has 33 heavy (non-hydrogen) atoms. The standard InChI is InChI=1S/C25H36F3NO4/c1-23(2,3)16-6-9-18(10-7-16)32-20-12-5-15-13-17(24(4,14-30)33-22(29)31)8-11-19(15)21(20)25(26,27)28/h5,12,16-18,30H,6-11,13-14H2,1-4H3,(H2,29,31)/t16?,17-,18?,24-/m0/s1. The Morgan fingerprint density at radius 1 is 1.06 bits per heavy atom. The van der Waals surface area contributed by atoms with Gasteiger partial charge < -0.3 is 20.3 Å². The number of primary amides is 1. The van der Waals surface area contributed by atoms with Gasteiger partial charge in [0.15, 0.2) is 0 Å². The summed E-state index contributed by atoms with van der Waals surface area (Å²) in [5.41, 5.74) is 4.16. The number of ether oxygens (including phenoxy) is 2. The second-order valence-corrected chi connectivity index (χ2v) is 10.9. The van der Waals surface area contributed by atoms with Crippen LogP contribution < -0.4 is 10.5 Å². The third-order valence-electron chi connectivity index (χ3n) is 7.57. The molecule has 0 aliphatic heterocycles. The lowest BCUT2D eigenvalue weighted by Gasteiger charge is -2.39. The predicted molar refractivity (Wildman–Crippen MR) is 119 cm³/mol. The van der Waals surface area contributed by atoms with Gasteiger partial charge in [-0.1, -0.05) is 26.8 Å². The van der Waals surface area contributed by atoms with Crippen molar-refractivity contribution in [1.82, 2.24) is 0 Å². The number of alkyl halides is 3. The molecule has 1 amide bonds. The van der Waals surface area contributed by atoms with E-state index in [1.54, 1.807) is 13.0 Å². The molecule has 0 aromatic heterocycles. The Hall–Kier alpha value is -1.96. The molecule has 0 saturated heterocycles. The van der Waals surface area contributed by atoms with E-state index in [0.717, 1.165) is 25.7 Å². The second-order valence-electron chi connectivity index (χ2n) is 10.9. The Kier molecular flexibility index (Phi) is 7.27. The average Bonchev–Trinajstić information content (AvgIpc) is 2.71. The van der Waals surface area contributed by atoms with Gasteiger partial charge in [0.1, 0.15) is 16.9 Å². The Balaban J connectivity index is 1.83. The Labute approximate surface area is 193 Å². The van der Waals surface area contributed by atoms with Gasteiger partial charge in [-0.05, 0) is 80.4 Å². The molecule has 2 atom stereocenters. The number of amides is 1. The number of halogens is 3. The highest BCUT2D eigenvalue weighted by Gasteiger charge is 2.44. The fourth-order valence-electron chi connectivity index (χ4n) is 5.46. The van der Waals surface area contributed by atoms with E-state index < -0.39 is 30.0 Å². The first-order valence-electron chi connectivity index (χ1n) is 11.7. The maximum absolute atomic E-state index is 14.2. The molecule has 2 aliphatic carbocycles. The van der Waals surface area contributed by atoms with Crippen molar-refractivity contribution >= 4 is 6.09 Å². The topological polar surface area (TPSA) is 81.8 Å². The summed E-state index contributed by atoms with van der Waals surface area (Å²) in [6.45, 7) is 7.71. The number of aliphatic hydroxyl groups excluding tert-OH is 1. The van der Waals surface area contributed by atoms with Crippen LogP contribution in [0.5, 0.6) is 5.75 Å². The van der Waals surface area contributed by atoms with Gasteiger partial charge in [0.2, 0.25) is 0 Å². The number of fused-ring (bicyclic) bond motifs is 1. The molecular weight excluding hydrogens is 435 g/mol. The molecule has 1 saturated carbocycles. The zero-order valence-electron chi connectivity index (χ0n) is 19.9. The molecule has 1 aromatic carbocycles. The second kappa shape index (κ2) is 9.35. The lowest BCUT2D eigenvalue weighted by atomic mass is 9.72. The van der Waals surface area contributed by atoms with Gasteiger partial charge >= 0.3 is 12.3 Å². The molecule has 1 fully saturated rings. The van der Waals surface area contributed by atoms with Crippen molar-refractivity contribution in [3.8, 4) is 5.75 Å². The van der Waals surface area contributed by atoms with Crippen LogP contribution in [-0.4, -0.2) is 29.5 Å². The van der Waals surface area contributed by atoms with E-state index in [1.807, 2.05) is 0 Å². The average molecular weight is 472 g/mol. The van der Waals surface area contributed by atoms with Gasteiger partial charge in [0, 0.05) is 5.92 Å². The molecule has 5 nitrogen and oxygen atoms in total. The van der Waals surface area contributed by atoms with E-state index in [-0.39, 0.29) is 41.6 Å². The van der Waals surface area contributed by atoms with Crippen molar-refractivity contribution in [1.29, 1.82) is 0 Å². The fourth-order valence-corrected chi connectivity index (χ4v) is 5.46. The van der Waals surface area contributed by atoms with E-state index in [2.05, 4.69) is 20.8 Å². The van der Waals surface area contributed by atoms with Crippen molar-refractivity contribution < 1.29 is 32.5 Å². The molecule has 186 valence electrons. The van der Waals surface area contributed by atoms with Crippen molar-refractivity contribution in [2.24, 2.45) is 23.0 Å². The number of aliphatic hydroxyl groups is 1. The monoisotopic (exact) mass is 471 g/mol. The highest BCUT2D eigenvalue weighted by Crippen LogP contribution is 2.46. The van der Waals surface area contributed by atoms with Gasteiger partial charge in [-0.2, -0.15) is 13.2 Å². The molecule has 0 radical (unpaired) electrons. The van der Waals surface area contributed by atoms with Gasteiger partial charge in [0.25, 0.3) is 0 Å². The van der Waals surface area contributed by atoms with Crippen LogP contribution >= 0.6 is 0 Å². The fraction of sp³-hybridized carbons (Fsp3) is 0.720. The van der Waals surface area contributed by atoms with Crippen molar-refractivity contribution in [3.63, 3.8) is 0 Å². The predicted octanol–water partition coefficient (Wildman–Crippen LogP) is 5.64. The Bertz CT molecular complexity index is 856. The lowest BCUT2D eigenvalue weighted by molar-refractivity contribution is -0.140. The first kappa shape index (κ1) is 25.7.